The Hall–Kier alpha value is -4.50. The molecule has 0 spiro atoms. The van der Waals surface area contributed by atoms with E-state index in [0.717, 1.165) is 17.3 Å². The lowest BCUT2D eigenvalue weighted by Gasteiger charge is -2.09. The van der Waals surface area contributed by atoms with Crippen LogP contribution in [0.2, 0.25) is 0 Å². The number of aromatic nitrogens is 2. The van der Waals surface area contributed by atoms with E-state index in [4.69, 9.17) is 9.47 Å². The fraction of sp³-hybridized carbons (Fsp3) is 0.138. The summed E-state index contributed by atoms with van der Waals surface area (Å²) < 4.78 is 36.2. The molecule has 0 N–H and O–H groups in total. The molecule has 0 aliphatic heterocycles. The second-order valence-corrected chi connectivity index (χ2v) is 10.3. The zero-order valence-corrected chi connectivity index (χ0v) is 21.7. The van der Waals surface area contributed by atoms with Crippen LogP contribution in [0, 0.1) is 0 Å². The number of carbonyl (C=O) groups is 2. The van der Waals surface area contributed by atoms with Gasteiger partial charge in [-0.2, -0.15) is 0 Å². The number of ether oxygens (including phenoxy) is 2. The lowest BCUT2D eigenvalue weighted by molar-refractivity contribution is -0.121. The van der Waals surface area contributed by atoms with Gasteiger partial charge in [0, 0.05) is 29.4 Å². The van der Waals surface area contributed by atoms with Crippen molar-refractivity contribution in [2.75, 3.05) is 13.4 Å². The highest BCUT2D eigenvalue weighted by atomic mass is 32.2. The van der Waals surface area contributed by atoms with E-state index in [1.54, 1.807) is 60.8 Å². The summed E-state index contributed by atoms with van der Waals surface area (Å²) in [6.45, 7) is 0.311. The SMILES string of the molecule is COc1cc(OCc2ccccn2)ccc1/C=C/C(=O)CC(=O)/C=C/c1ccc2ccn(S(C)(=O)=O)c2c1. The Labute approximate surface area is 220 Å². The van der Waals surface area contributed by atoms with Gasteiger partial charge in [0.05, 0.1) is 31.0 Å². The summed E-state index contributed by atoms with van der Waals surface area (Å²) >= 11 is 0. The number of carbonyl (C=O) groups excluding carboxylic acids is 2. The monoisotopic (exact) mass is 530 g/mol. The number of ketones is 2. The van der Waals surface area contributed by atoms with Gasteiger partial charge in [0.1, 0.15) is 18.1 Å². The smallest absolute Gasteiger partial charge is 0.236 e. The van der Waals surface area contributed by atoms with Crippen molar-refractivity contribution in [3.05, 3.63) is 102 Å². The van der Waals surface area contributed by atoms with Crippen LogP contribution in [0.4, 0.5) is 0 Å². The molecule has 4 rings (SSSR count). The number of hydrogen-bond donors (Lipinski definition) is 0. The molecule has 0 radical (unpaired) electrons. The van der Waals surface area contributed by atoms with E-state index in [9.17, 15) is 18.0 Å². The number of benzene rings is 2. The summed E-state index contributed by atoms with van der Waals surface area (Å²) in [5.41, 5.74) is 2.62. The van der Waals surface area contributed by atoms with Crippen molar-refractivity contribution >= 4 is 44.6 Å². The molecule has 0 atom stereocenters. The maximum Gasteiger partial charge on any atom is 0.236 e. The maximum atomic E-state index is 12.4. The van der Waals surface area contributed by atoms with Gasteiger partial charge in [-0.3, -0.25) is 14.6 Å². The van der Waals surface area contributed by atoms with E-state index in [-0.39, 0.29) is 18.0 Å². The van der Waals surface area contributed by atoms with Crippen LogP contribution < -0.4 is 9.47 Å². The van der Waals surface area contributed by atoms with Gasteiger partial charge in [0.25, 0.3) is 0 Å². The fourth-order valence-corrected chi connectivity index (χ4v) is 4.53. The van der Waals surface area contributed by atoms with Crippen LogP contribution in [0.15, 0.2) is 85.2 Å². The van der Waals surface area contributed by atoms with E-state index in [2.05, 4.69) is 4.98 Å². The Morgan fingerprint density at radius 1 is 0.974 bits per heavy atom. The molecule has 0 saturated carbocycles. The van der Waals surface area contributed by atoms with Gasteiger partial charge in [-0.05, 0) is 60.2 Å². The van der Waals surface area contributed by atoms with Crippen LogP contribution in [-0.2, 0) is 26.2 Å². The van der Waals surface area contributed by atoms with E-state index in [1.807, 2.05) is 18.2 Å². The van der Waals surface area contributed by atoms with E-state index < -0.39 is 10.0 Å². The minimum atomic E-state index is -3.45. The summed E-state index contributed by atoms with van der Waals surface area (Å²) in [7, 11) is -1.92. The molecule has 2 heterocycles. The fourth-order valence-electron chi connectivity index (χ4n) is 3.73. The molecular weight excluding hydrogens is 504 g/mol. The second-order valence-electron chi connectivity index (χ2n) is 8.48. The molecule has 0 fully saturated rings. The first-order valence-electron chi connectivity index (χ1n) is 11.7. The molecule has 194 valence electrons. The van der Waals surface area contributed by atoms with Crippen LogP contribution in [0.1, 0.15) is 23.2 Å². The maximum absolute atomic E-state index is 12.4. The third-order valence-corrected chi connectivity index (χ3v) is 6.65. The standard InChI is InChI=1S/C29H26N2O6S/c1-36-29-19-27(37-20-24-5-3-4-15-30-24)13-10-23(29)9-12-26(33)18-25(32)11-7-21-6-8-22-14-16-31(28(22)17-21)38(2,34)35/h3-17,19H,18,20H2,1-2H3/b11-7+,12-9+. The number of rotatable bonds is 11. The largest absolute Gasteiger partial charge is 0.496 e. The van der Waals surface area contributed by atoms with Gasteiger partial charge in [-0.15, -0.1) is 0 Å². The number of nitrogens with zero attached hydrogens (tertiary/aromatic N) is 2. The van der Waals surface area contributed by atoms with Crippen molar-refractivity contribution in [2.45, 2.75) is 13.0 Å². The van der Waals surface area contributed by atoms with Gasteiger partial charge < -0.3 is 9.47 Å². The molecular formula is C29H26N2O6S. The zero-order chi connectivity index (χ0) is 27.1. The van der Waals surface area contributed by atoms with Gasteiger partial charge >= 0.3 is 0 Å². The normalized spacial score (nSPS) is 11.8. The molecule has 8 nitrogen and oxygen atoms in total. The van der Waals surface area contributed by atoms with E-state index in [1.165, 1.54) is 29.4 Å². The summed E-state index contributed by atoms with van der Waals surface area (Å²) in [6, 6.07) is 17.8. The van der Waals surface area contributed by atoms with Crippen molar-refractivity contribution in [1.82, 2.24) is 8.96 Å². The molecule has 0 bridgehead atoms. The van der Waals surface area contributed by atoms with Gasteiger partial charge in [-0.25, -0.2) is 12.4 Å². The Bertz CT molecular complexity index is 1640. The first-order chi connectivity index (χ1) is 18.2. The van der Waals surface area contributed by atoms with Gasteiger partial charge in [0.15, 0.2) is 11.6 Å². The minimum Gasteiger partial charge on any atom is -0.496 e. The number of methoxy groups -OCH3 is 1. The predicted molar refractivity (Wildman–Crippen MR) is 146 cm³/mol. The van der Waals surface area contributed by atoms with E-state index in [0.29, 0.717) is 34.7 Å². The van der Waals surface area contributed by atoms with Crippen molar-refractivity contribution in [2.24, 2.45) is 0 Å². The van der Waals surface area contributed by atoms with Crippen LogP contribution >= 0.6 is 0 Å². The molecule has 2 aromatic heterocycles. The van der Waals surface area contributed by atoms with Crippen LogP contribution in [-0.4, -0.2) is 42.3 Å². The highest BCUT2D eigenvalue weighted by Gasteiger charge is 2.10. The molecule has 4 aromatic rings. The molecule has 38 heavy (non-hydrogen) atoms. The first kappa shape index (κ1) is 26.6. The second kappa shape index (κ2) is 11.7. The van der Waals surface area contributed by atoms with Crippen molar-refractivity contribution < 1.29 is 27.5 Å². The topological polar surface area (TPSA) is 105 Å². The van der Waals surface area contributed by atoms with E-state index >= 15 is 0 Å². The quantitative estimate of drug-likeness (QED) is 0.205. The number of fused-ring (bicyclic) bond motifs is 1. The summed E-state index contributed by atoms with van der Waals surface area (Å²) in [5.74, 6) is 0.383. The molecule has 9 heteroatoms. The molecule has 0 saturated heterocycles. The first-order valence-corrected chi connectivity index (χ1v) is 13.5. The summed E-state index contributed by atoms with van der Waals surface area (Å²) in [5, 5.41) is 0.766. The van der Waals surface area contributed by atoms with Crippen molar-refractivity contribution in [1.29, 1.82) is 0 Å². The number of pyridine rings is 1. The Kier molecular flexibility index (Phi) is 8.18. The predicted octanol–water partition coefficient (Wildman–Crippen LogP) is 4.69. The van der Waals surface area contributed by atoms with Gasteiger partial charge in [0.2, 0.25) is 10.0 Å². The average Bonchev–Trinajstić information content (AvgIpc) is 3.34. The molecule has 0 aliphatic carbocycles. The third-order valence-electron chi connectivity index (χ3n) is 5.62. The van der Waals surface area contributed by atoms with Crippen LogP contribution in [0.25, 0.3) is 23.1 Å². The number of hydrogen-bond acceptors (Lipinski definition) is 7. The lowest BCUT2D eigenvalue weighted by atomic mass is 10.1. The Morgan fingerprint density at radius 2 is 1.76 bits per heavy atom. The van der Waals surface area contributed by atoms with Crippen LogP contribution in [0.5, 0.6) is 11.5 Å². The molecule has 0 amide bonds. The van der Waals surface area contributed by atoms with Crippen molar-refractivity contribution in [3.8, 4) is 11.5 Å². The summed E-state index contributed by atoms with van der Waals surface area (Å²) in [4.78, 5) is 28.9. The third kappa shape index (κ3) is 6.83. The lowest BCUT2D eigenvalue weighted by Crippen LogP contribution is -2.08. The minimum absolute atomic E-state index is 0.303. The highest BCUT2D eigenvalue weighted by Crippen LogP contribution is 2.26. The van der Waals surface area contributed by atoms with Gasteiger partial charge in [-0.1, -0.05) is 24.3 Å². The van der Waals surface area contributed by atoms with Crippen LogP contribution in [0.3, 0.4) is 0 Å². The Balaban J connectivity index is 1.36. The molecule has 2 aromatic carbocycles. The molecule has 0 unspecified atom stereocenters. The summed E-state index contributed by atoms with van der Waals surface area (Å²) in [6.07, 6.45) is 9.81. The number of allylic oxidation sites excluding steroid dienone is 2. The zero-order valence-electron chi connectivity index (χ0n) is 20.9. The molecule has 0 aliphatic rings. The average molecular weight is 531 g/mol. The Morgan fingerprint density at radius 3 is 2.47 bits per heavy atom. The highest BCUT2D eigenvalue weighted by molar-refractivity contribution is 7.89. The van der Waals surface area contributed by atoms with Crippen molar-refractivity contribution in [3.63, 3.8) is 0 Å².